The summed E-state index contributed by atoms with van der Waals surface area (Å²) in [7, 11) is 1.36. The van der Waals surface area contributed by atoms with Crippen molar-refractivity contribution in [1.82, 2.24) is 4.90 Å². The molecular weight excluding hydrogens is 337 g/mol. The number of aliphatic carboxylic acids is 1. The lowest BCUT2D eigenvalue weighted by Gasteiger charge is -2.40. The molecule has 5 nitrogen and oxygen atoms in total. The number of benzene rings is 2. The van der Waals surface area contributed by atoms with Gasteiger partial charge in [-0.05, 0) is 36.1 Å². The number of hydrogen-bond donors (Lipinski definition) is 2. The Morgan fingerprint density at radius 2 is 1.85 bits per heavy atom. The van der Waals surface area contributed by atoms with Gasteiger partial charge in [-0.25, -0.2) is 4.39 Å². The zero-order valence-corrected chi connectivity index (χ0v) is 14.6. The van der Waals surface area contributed by atoms with Gasteiger partial charge < -0.3 is 14.9 Å². The second-order valence-corrected chi connectivity index (χ2v) is 6.57. The molecule has 2 aromatic rings. The summed E-state index contributed by atoms with van der Waals surface area (Å²) < 4.78 is 18.9. The molecule has 2 aromatic carbocycles. The smallest absolute Gasteiger partial charge is 0.325 e. The Morgan fingerprint density at radius 3 is 2.38 bits per heavy atom. The van der Waals surface area contributed by atoms with Crippen molar-refractivity contribution in [2.45, 2.75) is 24.5 Å². The molecule has 1 aliphatic heterocycles. The van der Waals surface area contributed by atoms with E-state index in [2.05, 4.69) is 0 Å². The first-order chi connectivity index (χ1) is 12.4. The number of carbonyl (C=O) groups is 1. The number of nitrogens with zero attached hydrogens (tertiary/aromatic N) is 1. The maximum atomic E-state index is 14.0. The summed E-state index contributed by atoms with van der Waals surface area (Å²) in [5.74, 6) is -1.55. The number of ether oxygens (including phenoxy) is 1. The highest BCUT2D eigenvalue weighted by atomic mass is 19.1. The second kappa shape index (κ2) is 7.43. The minimum absolute atomic E-state index is 0.0787. The quantitative estimate of drug-likeness (QED) is 0.859. The van der Waals surface area contributed by atoms with Gasteiger partial charge in [0.2, 0.25) is 0 Å². The van der Waals surface area contributed by atoms with E-state index in [1.165, 1.54) is 19.2 Å². The van der Waals surface area contributed by atoms with Crippen molar-refractivity contribution in [2.24, 2.45) is 0 Å². The van der Waals surface area contributed by atoms with Crippen molar-refractivity contribution in [2.75, 3.05) is 20.2 Å². The molecule has 0 amide bonds. The standard InChI is InChI=1S/C20H22FNO4/c1-26-17-8-7-14(13-16(17)21)18(19(23)24)22-11-9-20(25,10-12-22)15-5-3-2-4-6-15/h2-8,13,18,25H,9-12H2,1H3,(H,23,24)/t18-/m0/s1. The number of carboxylic acids is 1. The van der Waals surface area contributed by atoms with Crippen LogP contribution in [0.3, 0.4) is 0 Å². The van der Waals surface area contributed by atoms with Crippen molar-refractivity contribution in [3.8, 4) is 5.75 Å². The largest absolute Gasteiger partial charge is 0.494 e. The van der Waals surface area contributed by atoms with Crippen LogP contribution in [0.15, 0.2) is 48.5 Å². The molecule has 138 valence electrons. The molecule has 1 saturated heterocycles. The first kappa shape index (κ1) is 18.4. The molecule has 0 spiro atoms. The van der Waals surface area contributed by atoms with E-state index in [1.807, 2.05) is 30.3 Å². The maximum absolute atomic E-state index is 14.0. The van der Waals surface area contributed by atoms with Gasteiger partial charge in [-0.2, -0.15) is 0 Å². The average Bonchev–Trinajstić information content (AvgIpc) is 2.64. The molecule has 1 atom stereocenters. The van der Waals surface area contributed by atoms with Crippen molar-refractivity contribution in [3.63, 3.8) is 0 Å². The van der Waals surface area contributed by atoms with Crippen LogP contribution in [0.5, 0.6) is 5.75 Å². The topological polar surface area (TPSA) is 70.0 Å². The summed E-state index contributed by atoms with van der Waals surface area (Å²) in [4.78, 5) is 13.6. The summed E-state index contributed by atoms with van der Waals surface area (Å²) in [6, 6.07) is 12.6. The maximum Gasteiger partial charge on any atom is 0.325 e. The average molecular weight is 359 g/mol. The van der Waals surface area contributed by atoms with Gasteiger partial charge in [-0.15, -0.1) is 0 Å². The Kier molecular flexibility index (Phi) is 5.25. The minimum Gasteiger partial charge on any atom is -0.494 e. The Morgan fingerprint density at radius 1 is 1.19 bits per heavy atom. The van der Waals surface area contributed by atoms with Crippen molar-refractivity contribution in [1.29, 1.82) is 0 Å². The predicted octanol–water partition coefficient (Wildman–Crippen LogP) is 2.94. The van der Waals surface area contributed by atoms with E-state index >= 15 is 0 Å². The highest BCUT2D eigenvalue weighted by molar-refractivity contribution is 5.75. The van der Waals surface area contributed by atoms with Crippen LogP contribution in [0.4, 0.5) is 4.39 Å². The third-order valence-electron chi connectivity index (χ3n) is 5.03. The number of piperidine rings is 1. The van der Waals surface area contributed by atoms with E-state index in [9.17, 15) is 19.4 Å². The van der Waals surface area contributed by atoms with E-state index in [1.54, 1.807) is 11.0 Å². The third kappa shape index (κ3) is 3.57. The SMILES string of the molecule is COc1ccc([C@@H](C(=O)O)N2CCC(O)(c3ccccc3)CC2)cc1F. The molecule has 0 saturated carbocycles. The molecule has 26 heavy (non-hydrogen) atoms. The lowest BCUT2D eigenvalue weighted by atomic mass is 9.83. The number of likely N-dealkylation sites (tertiary alicyclic amines) is 1. The summed E-state index contributed by atoms with van der Waals surface area (Å²) in [6.45, 7) is 0.798. The number of carboxylic acid groups (broad SMARTS) is 1. The molecule has 0 unspecified atom stereocenters. The summed E-state index contributed by atoms with van der Waals surface area (Å²) >= 11 is 0. The van der Waals surface area contributed by atoms with Gasteiger partial charge in [-0.3, -0.25) is 9.69 Å². The number of rotatable bonds is 5. The zero-order valence-electron chi connectivity index (χ0n) is 14.6. The van der Waals surface area contributed by atoms with Crippen LogP contribution < -0.4 is 4.74 Å². The first-order valence-electron chi connectivity index (χ1n) is 8.53. The fourth-order valence-corrected chi connectivity index (χ4v) is 3.55. The van der Waals surface area contributed by atoms with Crippen LogP contribution in [0.1, 0.15) is 30.0 Å². The van der Waals surface area contributed by atoms with Gasteiger partial charge in [0.15, 0.2) is 11.6 Å². The van der Waals surface area contributed by atoms with Crippen LogP contribution in [0.25, 0.3) is 0 Å². The van der Waals surface area contributed by atoms with Gasteiger partial charge in [0.25, 0.3) is 0 Å². The van der Waals surface area contributed by atoms with Gasteiger partial charge >= 0.3 is 5.97 Å². The highest BCUT2D eigenvalue weighted by Gasteiger charge is 2.38. The summed E-state index contributed by atoms with van der Waals surface area (Å²) in [5, 5.41) is 20.6. The van der Waals surface area contributed by atoms with Gasteiger partial charge in [0.1, 0.15) is 6.04 Å². The molecule has 0 radical (unpaired) electrons. The van der Waals surface area contributed by atoms with E-state index in [4.69, 9.17) is 4.74 Å². The fourth-order valence-electron chi connectivity index (χ4n) is 3.55. The van der Waals surface area contributed by atoms with Crippen LogP contribution >= 0.6 is 0 Å². The predicted molar refractivity (Wildman–Crippen MR) is 94.5 cm³/mol. The Labute approximate surface area is 151 Å². The minimum atomic E-state index is -1.04. The molecule has 1 aliphatic rings. The first-order valence-corrected chi connectivity index (χ1v) is 8.53. The molecule has 2 N–H and O–H groups in total. The van der Waals surface area contributed by atoms with E-state index in [0.717, 1.165) is 5.56 Å². The summed E-state index contributed by atoms with van der Waals surface area (Å²) in [5.41, 5.74) is 0.231. The monoisotopic (exact) mass is 359 g/mol. The molecule has 1 fully saturated rings. The van der Waals surface area contributed by atoms with Crippen molar-refractivity contribution < 1.29 is 24.1 Å². The van der Waals surface area contributed by atoms with Crippen LogP contribution in [0.2, 0.25) is 0 Å². The van der Waals surface area contributed by atoms with Crippen LogP contribution in [-0.4, -0.2) is 41.3 Å². The molecular formula is C20H22FNO4. The Bertz CT molecular complexity index is 773. The van der Waals surface area contributed by atoms with E-state index < -0.39 is 23.4 Å². The van der Waals surface area contributed by atoms with Gasteiger partial charge in [0.05, 0.1) is 12.7 Å². The molecule has 3 rings (SSSR count). The number of hydrogen-bond acceptors (Lipinski definition) is 4. The lowest BCUT2D eigenvalue weighted by Crippen LogP contribution is -2.46. The second-order valence-electron chi connectivity index (χ2n) is 6.57. The van der Waals surface area contributed by atoms with Crippen molar-refractivity contribution in [3.05, 3.63) is 65.5 Å². The molecule has 0 bridgehead atoms. The Balaban J connectivity index is 1.79. The third-order valence-corrected chi connectivity index (χ3v) is 5.03. The van der Waals surface area contributed by atoms with Gasteiger partial charge in [-0.1, -0.05) is 36.4 Å². The number of aliphatic hydroxyl groups is 1. The Hall–Kier alpha value is -2.44. The van der Waals surface area contributed by atoms with Crippen LogP contribution in [0, 0.1) is 5.82 Å². The zero-order chi connectivity index (χ0) is 18.7. The van der Waals surface area contributed by atoms with E-state index in [0.29, 0.717) is 31.5 Å². The van der Waals surface area contributed by atoms with Crippen LogP contribution in [-0.2, 0) is 10.4 Å². The lowest BCUT2D eigenvalue weighted by molar-refractivity contribution is -0.146. The van der Waals surface area contributed by atoms with Crippen molar-refractivity contribution >= 4 is 5.97 Å². The normalized spacial score (nSPS) is 18.3. The number of methoxy groups -OCH3 is 1. The fraction of sp³-hybridized carbons (Fsp3) is 0.350. The molecule has 0 aromatic heterocycles. The molecule has 1 heterocycles. The molecule has 0 aliphatic carbocycles. The van der Waals surface area contributed by atoms with Gasteiger partial charge in [0, 0.05) is 13.1 Å². The summed E-state index contributed by atoms with van der Waals surface area (Å²) in [6.07, 6.45) is 0.832. The highest BCUT2D eigenvalue weighted by Crippen LogP contribution is 2.36. The van der Waals surface area contributed by atoms with E-state index in [-0.39, 0.29) is 5.75 Å². The number of halogens is 1. The molecule has 6 heteroatoms.